The fourth-order valence-electron chi connectivity index (χ4n) is 2.58. The number of anilines is 1. The summed E-state index contributed by atoms with van der Waals surface area (Å²) < 4.78 is 0. The monoisotopic (exact) mass is 312 g/mol. The Balaban J connectivity index is 2.26. The molecule has 0 spiro atoms. The molecule has 0 atom stereocenters. The lowest BCUT2D eigenvalue weighted by Gasteiger charge is -2.26. The minimum atomic E-state index is -0.323. The van der Waals surface area contributed by atoms with Crippen LogP contribution < -0.4 is 4.90 Å². The van der Waals surface area contributed by atoms with Crippen LogP contribution in [-0.4, -0.2) is 18.0 Å². The second kappa shape index (κ2) is 5.69. The predicted molar refractivity (Wildman–Crippen MR) is 76.4 cm³/mol. The maximum absolute atomic E-state index is 10.9. The Hall–Kier alpha value is -1.10. The van der Waals surface area contributed by atoms with Crippen LogP contribution in [0.15, 0.2) is 18.2 Å². The van der Waals surface area contributed by atoms with Crippen LogP contribution in [0.5, 0.6) is 0 Å². The van der Waals surface area contributed by atoms with E-state index < -0.39 is 0 Å². The first kappa shape index (κ1) is 13.3. The minimum absolute atomic E-state index is 0.190. The van der Waals surface area contributed by atoms with Crippen molar-refractivity contribution in [2.24, 2.45) is 0 Å². The van der Waals surface area contributed by atoms with Crippen LogP contribution in [-0.2, 0) is 5.33 Å². The van der Waals surface area contributed by atoms with Gasteiger partial charge in [0.15, 0.2) is 0 Å². The third-order valence-corrected chi connectivity index (χ3v) is 4.29. The van der Waals surface area contributed by atoms with Crippen molar-refractivity contribution in [3.8, 4) is 0 Å². The molecule has 5 heteroatoms. The summed E-state index contributed by atoms with van der Waals surface area (Å²) in [6.07, 6.45) is 5.01. The molecule has 1 aromatic carbocycles. The van der Waals surface area contributed by atoms with Crippen LogP contribution in [0.3, 0.4) is 0 Å². The van der Waals surface area contributed by atoms with Crippen molar-refractivity contribution in [2.45, 2.75) is 37.1 Å². The molecule has 0 radical (unpaired) electrons. The van der Waals surface area contributed by atoms with Gasteiger partial charge in [0.1, 0.15) is 0 Å². The summed E-state index contributed by atoms with van der Waals surface area (Å²) in [6, 6.07) is 5.96. The third-order valence-electron chi connectivity index (χ3n) is 3.68. The normalized spacial score (nSPS) is 15.9. The maximum Gasteiger partial charge on any atom is 0.273 e. The Bertz CT molecular complexity index is 445. The Kier molecular flexibility index (Phi) is 4.22. The molecule has 0 aliphatic heterocycles. The molecule has 1 aliphatic rings. The first-order valence-corrected chi connectivity index (χ1v) is 7.31. The molecule has 1 aromatic rings. The molecular weight excluding hydrogens is 296 g/mol. The first-order valence-electron chi connectivity index (χ1n) is 6.19. The van der Waals surface area contributed by atoms with Crippen molar-refractivity contribution >= 4 is 27.3 Å². The standard InChI is InChI=1S/C13H17BrN2O2/c1-15(11-4-2-3-5-11)12-6-7-13(16(17)18)10(8-12)9-14/h6-8,11H,2-5,9H2,1H3. The quantitative estimate of drug-likeness (QED) is 0.481. The van der Waals surface area contributed by atoms with Crippen molar-refractivity contribution in [3.05, 3.63) is 33.9 Å². The summed E-state index contributed by atoms with van der Waals surface area (Å²) >= 11 is 3.32. The van der Waals surface area contributed by atoms with Gasteiger partial charge in [0.25, 0.3) is 5.69 Å². The highest BCUT2D eigenvalue weighted by Gasteiger charge is 2.21. The Labute approximate surface area is 115 Å². The molecule has 1 aliphatic carbocycles. The Morgan fingerprint density at radius 1 is 1.44 bits per heavy atom. The molecule has 1 fully saturated rings. The fraction of sp³-hybridized carbons (Fsp3) is 0.538. The van der Waals surface area contributed by atoms with Crippen LogP contribution in [0.1, 0.15) is 31.2 Å². The number of rotatable bonds is 4. The molecule has 0 bridgehead atoms. The van der Waals surface area contributed by atoms with Gasteiger partial charge in [-0.3, -0.25) is 10.1 Å². The topological polar surface area (TPSA) is 46.4 Å². The Morgan fingerprint density at radius 2 is 2.11 bits per heavy atom. The second-order valence-electron chi connectivity index (χ2n) is 4.75. The van der Waals surface area contributed by atoms with Gasteiger partial charge in [-0.15, -0.1) is 0 Å². The number of hydrogen-bond acceptors (Lipinski definition) is 3. The van der Waals surface area contributed by atoms with E-state index in [1.165, 1.54) is 25.7 Å². The predicted octanol–water partition coefficient (Wildman–Crippen LogP) is 3.87. The van der Waals surface area contributed by atoms with Crippen molar-refractivity contribution in [2.75, 3.05) is 11.9 Å². The average Bonchev–Trinajstić information content (AvgIpc) is 2.90. The van der Waals surface area contributed by atoms with Gasteiger partial charge in [-0.2, -0.15) is 0 Å². The first-order chi connectivity index (χ1) is 8.63. The zero-order chi connectivity index (χ0) is 13.1. The second-order valence-corrected chi connectivity index (χ2v) is 5.31. The molecule has 1 saturated carbocycles. The molecule has 0 aromatic heterocycles. The molecule has 4 nitrogen and oxygen atoms in total. The highest BCUT2D eigenvalue weighted by atomic mass is 79.9. The Morgan fingerprint density at radius 3 is 2.67 bits per heavy atom. The largest absolute Gasteiger partial charge is 0.372 e. The fourth-order valence-corrected chi connectivity index (χ4v) is 3.03. The third kappa shape index (κ3) is 2.66. The van der Waals surface area contributed by atoms with E-state index in [2.05, 4.69) is 27.9 Å². The number of nitro groups is 1. The number of hydrogen-bond donors (Lipinski definition) is 0. The summed E-state index contributed by atoms with van der Waals surface area (Å²) in [6.45, 7) is 0. The van der Waals surface area contributed by atoms with Gasteiger partial charge in [0, 0.05) is 35.7 Å². The van der Waals surface area contributed by atoms with E-state index in [4.69, 9.17) is 0 Å². The smallest absolute Gasteiger partial charge is 0.273 e. The van der Waals surface area contributed by atoms with Gasteiger partial charge in [0.2, 0.25) is 0 Å². The number of nitro benzene ring substituents is 1. The highest BCUT2D eigenvalue weighted by Crippen LogP contribution is 2.31. The molecule has 0 N–H and O–H groups in total. The minimum Gasteiger partial charge on any atom is -0.372 e. The van der Waals surface area contributed by atoms with Gasteiger partial charge in [-0.1, -0.05) is 28.8 Å². The molecule has 0 unspecified atom stereocenters. The lowest BCUT2D eigenvalue weighted by Crippen LogP contribution is -2.28. The SMILES string of the molecule is CN(c1ccc([N+](=O)[O-])c(CBr)c1)C1CCCC1. The molecule has 2 rings (SSSR count). The lowest BCUT2D eigenvalue weighted by atomic mass is 10.1. The van der Waals surface area contributed by atoms with E-state index in [1.54, 1.807) is 6.07 Å². The number of alkyl halides is 1. The summed E-state index contributed by atoms with van der Waals surface area (Å²) in [4.78, 5) is 12.8. The zero-order valence-corrected chi connectivity index (χ0v) is 12.0. The van der Waals surface area contributed by atoms with Crippen molar-refractivity contribution < 1.29 is 4.92 Å². The van der Waals surface area contributed by atoms with E-state index in [9.17, 15) is 10.1 Å². The molecule has 0 amide bonds. The summed E-state index contributed by atoms with van der Waals surface area (Å²) in [5.74, 6) is 0. The van der Waals surface area contributed by atoms with Gasteiger partial charge >= 0.3 is 0 Å². The molecular formula is C13H17BrN2O2. The average molecular weight is 313 g/mol. The molecule has 0 saturated heterocycles. The molecule has 98 valence electrons. The number of halogens is 1. The van der Waals surface area contributed by atoms with Crippen LogP contribution >= 0.6 is 15.9 Å². The van der Waals surface area contributed by atoms with Gasteiger partial charge in [-0.25, -0.2) is 0 Å². The van der Waals surface area contributed by atoms with Gasteiger partial charge in [-0.05, 0) is 25.0 Å². The van der Waals surface area contributed by atoms with E-state index in [1.807, 2.05) is 12.1 Å². The maximum atomic E-state index is 10.9. The van der Waals surface area contributed by atoms with Crippen molar-refractivity contribution in [3.63, 3.8) is 0 Å². The van der Waals surface area contributed by atoms with Crippen molar-refractivity contribution in [1.29, 1.82) is 0 Å². The van der Waals surface area contributed by atoms with Crippen LogP contribution in [0.25, 0.3) is 0 Å². The summed E-state index contributed by atoms with van der Waals surface area (Å²) in [7, 11) is 2.08. The van der Waals surface area contributed by atoms with Crippen LogP contribution in [0.4, 0.5) is 11.4 Å². The number of nitrogens with zero attached hydrogens (tertiary/aromatic N) is 2. The van der Waals surface area contributed by atoms with Crippen molar-refractivity contribution in [1.82, 2.24) is 0 Å². The van der Waals surface area contributed by atoms with Gasteiger partial charge < -0.3 is 4.90 Å². The summed E-state index contributed by atoms with van der Waals surface area (Å²) in [5, 5.41) is 11.4. The van der Waals surface area contributed by atoms with E-state index >= 15 is 0 Å². The highest BCUT2D eigenvalue weighted by molar-refractivity contribution is 9.08. The zero-order valence-electron chi connectivity index (χ0n) is 10.4. The van der Waals surface area contributed by atoms with E-state index in [-0.39, 0.29) is 10.6 Å². The van der Waals surface area contributed by atoms with E-state index in [0.717, 1.165) is 11.3 Å². The summed E-state index contributed by atoms with van der Waals surface area (Å²) in [5.41, 5.74) is 2.00. The number of benzene rings is 1. The molecule has 18 heavy (non-hydrogen) atoms. The lowest BCUT2D eigenvalue weighted by molar-refractivity contribution is -0.385. The van der Waals surface area contributed by atoms with Crippen LogP contribution in [0, 0.1) is 10.1 Å². The van der Waals surface area contributed by atoms with Gasteiger partial charge in [0.05, 0.1) is 4.92 Å². The molecule has 0 heterocycles. The van der Waals surface area contributed by atoms with E-state index in [0.29, 0.717) is 11.4 Å². The van der Waals surface area contributed by atoms with Crippen LogP contribution in [0.2, 0.25) is 0 Å².